The van der Waals surface area contributed by atoms with Crippen LogP contribution in [0.4, 0.5) is 0 Å². The lowest BCUT2D eigenvalue weighted by atomic mass is 10.1. The summed E-state index contributed by atoms with van der Waals surface area (Å²) >= 11 is 5.85. The first-order chi connectivity index (χ1) is 8.31. The molecule has 0 unspecified atom stereocenters. The van der Waals surface area contributed by atoms with E-state index in [0.29, 0.717) is 0 Å². The van der Waals surface area contributed by atoms with Crippen LogP contribution in [0.5, 0.6) is 0 Å². The van der Waals surface area contributed by atoms with E-state index in [1.54, 1.807) is 0 Å². The molecule has 0 bridgehead atoms. The summed E-state index contributed by atoms with van der Waals surface area (Å²) in [6.07, 6.45) is 1.66. The Morgan fingerprint density at radius 1 is 1.29 bits per heavy atom. The fourth-order valence-corrected chi connectivity index (χ4v) is 2.16. The molecule has 0 spiro atoms. The number of fused-ring (bicyclic) bond motifs is 1. The fraction of sp³-hybridized carbons (Fsp3) is 0.308. The number of aromatic nitrogens is 1. The zero-order chi connectivity index (χ0) is 11.7. The lowest BCUT2D eigenvalue weighted by Crippen LogP contribution is -2.22. The number of benzene rings is 1. The highest BCUT2D eigenvalue weighted by molar-refractivity contribution is 6.30. The standard InChI is InChI=1S/C13H13ClN2O/c14-10-3-1-9(2-4-10)7-13-16-11-8-15-6-5-12(11)17-13/h1-4,15H,5-8H2. The molecule has 0 atom stereocenters. The zero-order valence-corrected chi connectivity index (χ0v) is 10.1. The van der Waals surface area contributed by atoms with Gasteiger partial charge in [-0.2, -0.15) is 0 Å². The second-order valence-electron chi connectivity index (χ2n) is 4.21. The lowest BCUT2D eigenvalue weighted by molar-refractivity contribution is 0.445. The molecule has 3 rings (SSSR count). The van der Waals surface area contributed by atoms with Crippen molar-refractivity contribution in [3.8, 4) is 0 Å². The first-order valence-electron chi connectivity index (χ1n) is 5.74. The van der Waals surface area contributed by atoms with Crippen LogP contribution in [0.2, 0.25) is 5.02 Å². The summed E-state index contributed by atoms with van der Waals surface area (Å²) in [4.78, 5) is 4.51. The van der Waals surface area contributed by atoms with Gasteiger partial charge in [0.15, 0.2) is 5.89 Å². The molecule has 1 aromatic heterocycles. The summed E-state index contributed by atoms with van der Waals surface area (Å²) in [5.41, 5.74) is 2.22. The predicted octanol–water partition coefficient (Wildman–Crippen LogP) is 2.56. The average Bonchev–Trinajstić information content (AvgIpc) is 2.74. The van der Waals surface area contributed by atoms with Gasteiger partial charge in [0, 0.05) is 31.0 Å². The molecule has 1 aliphatic rings. The lowest BCUT2D eigenvalue weighted by Gasteiger charge is -2.08. The van der Waals surface area contributed by atoms with Gasteiger partial charge in [-0.15, -0.1) is 0 Å². The Labute approximate surface area is 105 Å². The molecule has 0 saturated heterocycles. The van der Waals surface area contributed by atoms with Crippen molar-refractivity contribution in [2.24, 2.45) is 0 Å². The average molecular weight is 249 g/mol. The summed E-state index contributed by atoms with van der Waals surface area (Å²) in [6, 6.07) is 7.79. The van der Waals surface area contributed by atoms with Gasteiger partial charge < -0.3 is 9.73 Å². The van der Waals surface area contributed by atoms with Gasteiger partial charge in [-0.3, -0.25) is 0 Å². The molecule has 2 heterocycles. The van der Waals surface area contributed by atoms with Crippen LogP contribution in [0.25, 0.3) is 0 Å². The summed E-state index contributed by atoms with van der Waals surface area (Å²) in [6.45, 7) is 1.79. The van der Waals surface area contributed by atoms with E-state index in [0.717, 1.165) is 48.3 Å². The first-order valence-corrected chi connectivity index (χ1v) is 6.12. The van der Waals surface area contributed by atoms with Crippen molar-refractivity contribution < 1.29 is 4.42 Å². The van der Waals surface area contributed by atoms with Gasteiger partial charge in [0.25, 0.3) is 0 Å². The Bertz CT molecular complexity index is 495. The Hall–Kier alpha value is -1.32. The third-order valence-electron chi connectivity index (χ3n) is 2.91. The molecule has 0 saturated carbocycles. The molecule has 1 aromatic carbocycles. The highest BCUT2D eigenvalue weighted by atomic mass is 35.5. The van der Waals surface area contributed by atoms with Gasteiger partial charge >= 0.3 is 0 Å². The summed E-state index contributed by atoms with van der Waals surface area (Å²) in [7, 11) is 0. The van der Waals surface area contributed by atoms with Crippen LogP contribution in [-0.2, 0) is 19.4 Å². The van der Waals surface area contributed by atoms with Gasteiger partial charge in [0.1, 0.15) is 5.76 Å². The van der Waals surface area contributed by atoms with Gasteiger partial charge in [-0.25, -0.2) is 4.98 Å². The van der Waals surface area contributed by atoms with Crippen LogP contribution in [-0.4, -0.2) is 11.5 Å². The molecular weight excluding hydrogens is 236 g/mol. The number of oxazole rings is 1. The molecule has 2 aromatic rings. The number of hydrogen-bond donors (Lipinski definition) is 1. The van der Waals surface area contributed by atoms with Gasteiger partial charge in [-0.05, 0) is 17.7 Å². The molecule has 17 heavy (non-hydrogen) atoms. The van der Waals surface area contributed by atoms with Crippen LogP contribution < -0.4 is 5.32 Å². The molecule has 1 aliphatic heterocycles. The minimum Gasteiger partial charge on any atom is -0.445 e. The second-order valence-corrected chi connectivity index (χ2v) is 4.64. The van der Waals surface area contributed by atoms with E-state index in [9.17, 15) is 0 Å². The Balaban J connectivity index is 1.80. The van der Waals surface area contributed by atoms with Crippen molar-refractivity contribution in [3.05, 3.63) is 52.2 Å². The molecule has 88 valence electrons. The minimum absolute atomic E-state index is 0.726. The summed E-state index contributed by atoms with van der Waals surface area (Å²) in [5, 5.41) is 4.04. The van der Waals surface area contributed by atoms with Gasteiger partial charge in [0.2, 0.25) is 0 Å². The van der Waals surface area contributed by atoms with Crippen molar-refractivity contribution in [1.82, 2.24) is 10.3 Å². The van der Waals surface area contributed by atoms with Crippen molar-refractivity contribution in [2.75, 3.05) is 6.54 Å². The van der Waals surface area contributed by atoms with Crippen molar-refractivity contribution in [2.45, 2.75) is 19.4 Å². The zero-order valence-electron chi connectivity index (χ0n) is 9.37. The van der Waals surface area contributed by atoms with E-state index < -0.39 is 0 Å². The van der Waals surface area contributed by atoms with Crippen LogP contribution in [0.3, 0.4) is 0 Å². The van der Waals surface area contributed by atoms with E-state index in [2.05, 4.69) is 10.3 Å². The van der Waals surface area contributed by atoms with Crippen LogP contribution in [0.15, 0.2) is 28.7 Å². The predicted molar refractivity (Wildman–Crippen MR) is 66.2 cm³/mol. The smallest absolute Gasteiger partial charge is 0.199 e. The van der Waals surface area contributed by atoms with E-state index in [1.807, 2.05) is 24.3 Å². The van der Waals surface area contributed by atoms with E-state index in [1.165, 1.54) is 5.56 Å². The van der Waals surface area contributed by atoms with Crippen molar-refractivity contribution >= 4 is 11.6 Å². The van der Waals surface area contributed by atoms with Gasteiger partial charge in [0.05, 0.1) is 5.69 Å². The van der Waals surface area contributed by atoms with Crippen LogP contribution in [0, 0.1) is 0 Å². The Morgan fingerprint density at radius 3 is 2.88 bits per heavy atom. The number of hydrogen-bond acceptors (Lipinski definition) is 3. The second kappa shape index (κ2) is 4.51. The molecule has 0 radical (unpaired) electrons. The molecule has 3 nitrogen and oxygen atoms in total. The quantitative estimate of drug-likeness (QED) is 0.888. The fourth-order valence-electron chi connectivity index (χ4n) is 2.03. The van der Waals surface area contributed by atoms with Gasteiger partial charge in [-0.1, -0.05) is 23.7 Å². The number of halogens is 1. The van der Waals surface area contributed by atoms with Crippen LogP contribution >= 0.6 is 11.6 Å². The first kappa shape index (κ1) is 10.8. The van der Waals surface area contributed by atoms with E-state index in [4.69, 9.17) is 16.0 Å². The Kier molecular flexibility index (Phi) is 2.87. The molecule has 4 heteroatoms. The largest absolute Gasteiger partial charge is 0.445 e. The third-order valence-corrected chi connectivity index (χ3v) is 3.16. The third kappa shape index (κ3) is 2.35. The maximum atomic E-state index is 5.85. The number of nitrogens with one attached hydrogen (secondary N) is 1. The molecule has 0 amide bonds. The number of nitrogens with zero attached hydrogens (tertiary/aromatic N) is 1. The highest BCUT2D eigenvalue weighted by Crippen LogP contribution is 2.18. The maximum Gasteiger partial charge on any atom is 0.199 e. The summed E-state index contributed by atoms with van der Waals surface area (Å²) < 4.78 is 5.76. The SMILES string of the molecule is Clc1ccc(Cc2nc3c(o2)CCNC3)cc1. The maximum absolute atomic E-state index is 5.85. The molecule has 0 aliphatic carbocycles. The van der Waals surface area contributed by atoms with E-state index >= 15 is 0 Å². The molecule has 1 N–H and O–H groups in total. The van der Waals surface area contributed by atoms with Crippen LogP contribution in [0.1, 0.15) is 22.9 Å². The molecule has 0 fully saturated rings. The van der Waals surface area contributed by atoms with Crippen molar-refractivity contribution in [1.29, 1.82) is 0 Å². The highest BCUT2D eigenvalue weighted by Gasteiger charge is 2.16. The number of rotatable bonds is 2. The van der Waals surface area contributed by atoms with Crippen molar-refractivity contribution in [3.63, 3.8) is 0 Å². The summed E-state index contributed by atoms with van der Waals surface area (Å²) in [5.74, 6) is 1.83. The topological polar surface area (TPSA) is 38.1 Å². The van der Waals surface area contributed by atoms with E-state index in [-0.39, 0.29) is 0 Å². The Morgan fingerprint density at radius 2 is 2.12 bits per heavy atom. The normalized spacial score (nSPS) is 14.6. The molecular formula is C13H13ClN2O. The minimum atomic E-state index is 0.726. The monoisotopic (exact) mass is 248 g/mol.